The van der Waals surface area contributed by atoms with E-state index in [-0.39, 0.29) is 17.8 Å². The lowest BCUT2D eigenvalue weighted by atomic mass is 10.1. The summed E-state index contributed by atoms with van der Waals surface area (Å²) in [6.07, 6.45) is 2.33. The number of nitrogens with zero attached hydrogens (tertiary/aromatic N) is 1. The summed E-state index contributed by atoms with van der Waals surface area (Å²) >= 11 is 5.63. The van der Waals surface area contributed by atoms with E-state index in [1.165, 1.54) is 10.8 Å². The molecule has 1 fully saturated rings. The number of aromatic amines is 1. The van der Waals surface area contributed by atoms with Gasteiger partial charge in [0.25, 0.3) is 5.56 Å². The number of aryl methyl sites for hydroxylation is 1. The van der Waals surface area contributed by atoms with E-state index >= 15 is 0 Å². The molecule has 7 heteroatoms. The fourth-order valence-corrected chi connectivity index (χ4v) is 2.49. The quantitative estimate of drug-likeness (QED) is 0.829. The summed E-state index contributed by atoms with van der Waals surface area (Å²) in [5.74, 6) is 0.426. The third-order valence-corrected chi connectivity index (χ3v) is 3.60. The molecule has 0 spiro atoms. The monoisotopic (exact) mass is 302 g/mol. The van der Waals surface area contributed by atoms with Crippen LogP contribution >= 0.6 is 11.6 Å². The minimum atomic E-state index is -0.460. The first-order chi connectivity index (χ1) is 9.56. The van der Waals surface area contributed by atoms with Crippen molar-refractivity contribution in [3.05, 3.63) is 32.6 Å². The van der Waals surface area contributed by atoms with Crippen LogP contribution in [0, 0.1) is 6.92 Å². The first kappa shape index (κ1) is 15.3. The number of alkyl halides is 1. The van der Waals surface area contributed by atoms with Crippen LogP contribution in [0.25, 0.3) is 0 Å². The number of hydrogen-bond donors (Lipinski definition) is 1. The molecule has 1 aromatic rings. The zero-order valence-electron chi connectivity index (χ0n) is 11.6. The highest BCUT2D eigenvalue weighted by Crippen LogP contribution is 2.31. The second-order valence-electron chi connectivity index (χ2n) is 4.85. The van der Waals surface area contributed by atoms with Gasteiger partial charge < -0.3 is 9.47 Å². The van der Waals surface area contributed by atoms with Gasteiger partial charge in [0.05, 0.1) is 18.8 Å². The van der Waals surface area contributed by atoms with Crippen LogP contribution in [0.2, 0.25) is 0 Å². The summed E-state index contributed by atoms with van der Waals surface area (Å²) in [4.78, 5) is 25.5. The summed E-state index contributed by atoms with van der Waals surface area (Å²) < 4.78 is 12.9. The molecule has 3 atom stereocenters. The van der Waals surface area contributed by atoms with Gasteiger partial charge in [-0.3, -0.25) is 14.3 Å². The summed E-state index contributed by atoms with van der Waals surface area (Å²) in [7, 11) is 0. The Morgan fingerprint density at radius 1 is 1.55 bits per heavy atom. The van der Waals surface area contributed by atoms with E-state index in [2.05, 4.69) is 4.98 Å². The van der Waals surface area contributed by atoms with Crippen molar-refractivity contribution in [2.45, 2.75) is 45.1 Å². The molecule has 1 aromatic heterocycles. The first-order valence-electron chi connectivity index (χ1n) is 6.72. The van der Waals surface area contributed by atoms with Gasteiger partial charge in [0.15, 0.2) is 0 Å². The summed E-state index contributed by atoms with van der Waals surface area (Å²) in [6.45, 7) is 4.12. The summed E-state index contributed by atoms with van der Waals surface area (Å²) in [5.41, 5.74) is -0.351. The van der Waals surface area contributed by atoms with E-state index in [0.29, 0.717) is 24.5 Å². The van der Waals surface area contributed by atoms with Gasteiger partial charge in [-0.25, -0.2) is 4.79 Å². The molecule has 0 aliphatic carbocycles. The van der Waals surface area contributed by atoms with E-state index in [4.69, 9.17) is 21.1 Å². The number of ether oxygens (including phenoxy) is 2. The number of rotatable bonds is 5. The van der Waals surface area contributed by atoms with E-state index in [0.717, 1.165) is 6.42 Å². The Balaban J connectivity index is 2.20. The van der Waals surface area contributed by atoms with Crippen LogP contribution in [-0.4, -0.2) is 34.2 Å². The van der Waals surface area contributed by atoms with Crippen LogP contribution in [0.5, 0.6) is 0 Å². The molecule has 0 radical (unpaired) electrons. The van der Waals surface area contributed by atoms with Crippen molar-refractivity contribution < 1.29 is 9.47 Å². The Bertz CT molecular complexity index is 568. The average molecular weight is 303 g/mol. The van der Waals surface area contributed by atoms with Crippen LogP contribution < -0.4 is 11.2 Å². The van der Waals surface area contributed by atoms with Gasteiger partial charge in [-0.15, -0.1) is 11.6 Å². The second-order valence-corrected chi connectivity index (χ2v) is 5.23. The highest BCUT2D eigenvalue weighted by Gasteiger charge is 2.36. The van der Waals surface area contributed by atoms with Gasteiger partial charge in [-0.2, -0.15) is 0 Å². The molecule has 0 aromatic carbocycles. The van der Waals surface area contributed by atoms with E-state index in [9.17, 15) is 9.59 Å². The Morgan fingerprint density at radius 2 is 2.30 bits per heavy atom. The third-order valence-electron chi connectivity index (χ3n) is 3.45. The van der Waals surface area contributed by atoms with E-state index in [1.54, 1.807) is 6.92 Å². The first-order valence-corrected chi connectivity index (χ1v) is 7.25. The number of halogens is 1. The molecule has 1 unspecified atom stereocenters. The van der Waals surface area contributed by atoms with E-state index in [1.807, 2.05) is 6.92 Å². The van der Waals surface area contributed by atoms with Gasteiger partial charge in [0, 0.05) is 24.1 Å². The molecule has 6 nitrogen and oxygen atoms in total. The van der Waals surface area contributed by atoms with E-state index < -0.39 is 11.9 Å². The van der Waals surface area contributed by atoms with Gasteiger partial charge >= 0.3 is 5.69 Å². The van der Waals surface area contributed by atoms with Crippen molar-refractivity contribution >= 4 is 11.6 Å². The van der Waals surface area contributed by atoms with Crippen molar-refractivity contribution in [1.29, 1.82) is 0 Å². The van der Waals surface area contributed by atoms with Crippen molar-refractivity contribution in [1.82, 2.24) is 9.55 Å². The summed E-state index contributed by atoms with van der Waals surface area (Å²) in [5, 5.41) is 0. The van der Waals surface area contributed by atoms with Gasteiger partial charge in [0.2, 0.25) is 0 Å². The zero-order chi connectivity index (χ0) is 14.7. The molecular formula is C13H19ClN2O4. The fraction of sp³-hybridized carbons (Fsp3) is 0.692. The maximum absolute atomic E-state index is 11.9. The molecule has 1 N–H and O–H groups in total. The number of H-pyrrole nitrogens is 1. The molecule has 1 saturated heterocycles. The zero-order valence-corrected chi connectivity index (χ0v) is 12.4. The van der Waals surface area contributed by atoms with Crippen LogP contribution in [-0.2, 0) is 9.47 Å². The lowest BCUT2D eigenvalue weighted by Crippen LogP contribution is -2.33. The SMILES string of the molecule is CC[C@H]1O[C@@H](n2cc(C)c(=O)[nH]c2=O)CC1OCCCl. The molecule has 20 heavy (non-hydrogen) atoms. The maximum Gasteiger partial charge on any atom is 0.330 e. The van der Waals surface area contributed by atoms with Gasteiger partial charge in [0.1, 0.15) is 6.23 Å². The Kier molecular flexibility index (Phi) is 5.01. The van der Waals surface area contributed by atoms with Crippen molar-refractivity contribution in [3.63, 3.8) is 0 Å². The van der Waals surface area contributed by atoms with Crippen molar-refractivity contribution in [2.24, 2.45) is 0 Å². The molecular weight excluding hydrogens is 284 g/mol. The van der Waals surface area contributed by atoms with Crippen molar-refractivity contribution in [2.75, 3.05) is 12.5 Å². The summed E-state index contributed by atoms with van der Waals surface area (Å²) in [6, 6.07) is 0. The largest absolute Gasteiger partial charge is 0.374 e. The van der Waals surface area contributed by atoms with Gasteiger partial charge in [-0.1, -0.05) is 6.92 Å². The molecule has 1 aliphatic rings. The Labute approximate surface area is 121 Å². The molecule has 0 amide bonds. The molecule has 1 aliphatic heterocycles. The predicted octanol–water partition coefficient (Wildman–Crippen LogP) is 1.17. The van der Waals surface area contributed by atoms with Crippen LogP contribution in [0.3, 0.4) is 0 Å². The predicted molar refractivity (Wildman–Crippen MR) is 75.3 cm³/mol. The van der Waals surface area contributed by atoms with Crippen LogP contribution in [0.15, 0.2) is 15.8 Å². The average Bonchev–Trinajstić information content (AvgIpc) is 2.83. The molecule has 0 bridgehead atoms. The standard InChI is InChI=1S/C13H19ClN2O4/c1-3-9-10(19-5-4-14)6-11(20-9)16-7-8(2)12(17)15-13(16)18/h7,9-11H,3-6H2,1-2H3,(H,15,17,18)/t9-,10?,11-/m1/s1. The number of hydrogen-bond acceptors (Lipinski definition) is 4. The second kappa shape index (κ2) is 6.56. The lowest BCUT2D eigenvalue weighted by Gasteiger charge is -2.16. The molecule has 0 saturated carbocycles. The molecule has 2 heterocycles. The van der Waals surface area contributed by atoms with Crippen LogP contribution in [0.1, 0.15) is 31.6 Å². The van der Waals surface area contributed by atoms with Crippen LogP contribution in [0.4, 0.5) is 0 Å². The minimum absolute atomic E-state index is 0.0673. The third kappa shape index (κ3) is 3.13. The fourth-order valence-electron chi connectivity index (χ4n) is 2.41. The number of nitrogens with one attached hydrogen (secondary N) is 1. The minimum Gasteiger partial charge on any atom is -0.374 e. The Morgan fingerprint density at radius 3 is 2.95 bits per heavy atom. The lowest BCUT2D eigenvalue weighted by molar-refractivity contribution is -0.0379. The molecule has 2 rings (SSSR count). The normalized spacial score (nSPS) is 26.1. The van der Waals surface area contributed by atoms with Gasteiger partial charge in [-0.05, 0) is 13.3 Å². The van der Waals surface area contributed by atoms with Crippen molar-refractivity contribution in [3.8, 4) is 0 Å². The highest BCUT2D eigenvalue weighted by atomic mass is 35.5. The molecule has 112 valence electrons. The highest BCUT2D eigenvalue weighted by molar-refractivity contribution is 6.17. The Hall–Kier alpha value is -1.11. The number of aromatic nitrogens is 2. The smallest absolute Gasteiger partial charge is 0.330 e. The maximum atomic E-state index is 11.9. The topological polar surface area (TPSA) is 73.3 Å².